The zero-order valence-electron chi connectivity index (χ0n) is 15.7. The molecule has 0 aromatic rings. The maximum atomic E-state index is 12.6. The molecule has 4 atom stereocenters. The molecular formula is C20H32O6. The average molecular weight is 368 g/mol. The van der Waals surface area contributed by atoms with Crippen LogP contribution in [0.25, 0.3) is 0 Å². The fourth-order valence-electron chi connectivity index (χ4n) is 3.87. The predicted octanol–water partition coefficient (Wildman–Crippen LogP) is 2.16. The van der Waals surface area contributed by atoms with Crippen LogP contribution >= 0.6 is 0 Å². The third kappa shape index (κ3) is 6.18. The molecule has 2 aliphatic carbocycles. The third-order valence-corrected chi connectivity index (χ3v) is 5.42. The summed E-state index contributed by atoms with van der Waals surface area (Å²) >= 11 is 0. The van der Waals surface area contributed by atoms with Gasteiger partial charge in [0, 0.05) is 23.8 Å². The molecule has 0 amide bonds. The van der Waals surface area contributed by atoms with Gasteiger partial charge in [0.25, 0.3) is 0 Å². The lowest BCUT2D eigenvalue weighted by Crippen LogP contribution is -2.41. The molecule has 26 heavy (non-hydrogen) atoms. The molecule has 6 heteroatoms. The fraction of sp³-hybridized carbons (Fsp3) is 0.800. The number of carbonyl (C=O) groups excluding carboxylic acids is 2. The first-order valence-electron chi connectivity index (χ1n) is 9.72. The van der Waals surface area contributed by atoms with Gasteiger partial charge in [0.15, 0.2) is 0 Å². The lowest BCUT2D eigenvalue weighted by Gasteiger charge is -2.35. The minimum atomic E-state index is -0.919. The normalized spacial score (nSPS) is 28.3. The number of hydrogen-bond acceptors (Lipinski definition) is 6. The van der Waals surface area contributed by atoms with Gasteiger partial charge in [0.2, 0.25) is 0 Å². The molecule has 0 heterocycles. The van der Waals surface area contributed by atoms with Gasteiger partial charge in [-0.3, -0.25) is 4.79 Å². The van der Waals surface area contributed by atoms with Crippen molar-refractivity contribution in [1.29, 1.82) is 0 Å². The molecule has 0 spiro atoms. The highest BCUT2D eigenvalue weighted by Gasteiger charge is 2.37. The van der Waals surface area contributed by atoms with Crippen LogP contribution in [0.1, 0.15) is 58.3 Å². The van der Waals surface area contributed by atoms with Crippen LogP contribution in [0.5, 0.6) is 0 Å². The van der Waals surface area contributed by atoms with Gasteiger partial charge in [-0.1, -0.05) is 25.8 Å². The molecule has 2 fully saturated rings. The Labute approximate surface area is 155 Å². The second-order valence-electron chi connectivity index (χ2n) is 7.71. The molecule has 0 saturated heterocycles. The fourth-order valence-corrected chi connectivity index (χ4v) is 3.87. The van der Waals surface area contributed by atoms with E-state index >= 15 is 0 Å². The van der Waals surface area contributed by atoms with Crippen molar-refractivity contribution in [3.8, 4) is 0 Å². The highest BCUT2D eigenvalue weighted by atomic mass is 16.5. The van der Waals surface area contributed by atoms with Gasteiger partial charge in [0.05, 0.1) is 18.8 Å². The number of rotatable bonds is 8. The Morgan fingerprint density at radius 1 is 1.12 bits per heavy atom. The first kappa shape index (κ1) is 21.1. The molecule has 0 bridgehead atoms. The summed E-state index contributed by atoms with van der Waals surface area (Å²) in [4.78, 5) is 23.9. The Bertz CT molecular complexity index is 497. The molecule has 0 aromatic heterocycles. The van der Waals surface area contributed by atoms with E-state index in [2.05, 4.69) is 6.58 Å². The molecule has 6 nitrogen and oxygen atoms in total. The van der Waals surface area contributed by atoms with Crippen molar-refractivity contribution >= 4 is 11.8 Å². The number of hydrogen-bond donors (Lipinski definition) is 2. The number of carbonyl (C=O) groups is 2. The van der Waals surface area contributed by atoms with Gasteiger partial charge < -0.3 is 19.7 Å². The van der Waals surface area contributed by atoms with Crippen molar-refractivity contribution in [1.82, 2.24) is 0 Å². The van der Waals surface area contributed by atoms with Crippen LogP contribution in [0, 0.1) is 11.8 Å². The minimum Gasteiger partial charge on any atom is -0.460 e. The van der Waals surface area contributed by atoms with Crippen molar-refractivity contribution < 1.29 is 29.3 Å². The molecule has 0 aromatic carbocycles. The second kappa shape index (κ2) is 10.2. The van der Waals surface area contributed by atoms with Crippen LogP contribution in [0.15, 0.2) is 12.2 Å². The SMILES string of the molecule is C=C(C)C(=O)OCC(O)COC1CCC(C(=O)C2CCCCC2)C(O)C1. The highest BCUT2D eigenvalue weighted by molar-refractivity contribution is 5.86. The number of Topliss-reactive ketones (excluding diaryl/α,β-unsaturated/α-hetero) is 1. The smallest absolute Gasteiger partial charge is 0.333 e. The van der Waals surface area contributed by atoms with E-state index in [1.165, 1.54) is 6.42 Å². The van der Waals surface area contributed by atoms with Crippen molar-refractivity contribution in [2.24, 2.45) is 11.8 Å². The molecule has 2 rings (SSSR count). The summed E-state index contributed by atoms with van der Waals surface area (Å²) in [6, 6.07) is 0. The molecular weight excluding hydrogens is 336 g/mol. The maximum absolute atomic E-state index is 12.6. The molecule has 0 aliphatic heterocycles. The molecule has 2 N–H and O–H groups in total. The predicted molar refractivity (Wildman–Crippen MR) is 96.4 cm³/mol. The number of aliphatic hydroxyl groups excluding tert-OH is 2. The first-order valence-corrected chi connectivity index (χ1v) is 9.72. The van der Waals surface area contributed by atoms with E-state index in [0.717, 1.165) is 25.7 Å². The summed E-state index contributed by atoms with van der Waals surface area (Å²) < 4.78 is 10.5. The van der Waals surface area contributed by atoms with Crippen LogP contribution < -0.4 is 0 Å². The molecule has 4 unspecified atom stereocenters. The molecule has 2 saturated carbocycles. The zero-order valence-corrected chi connectivity index (χ0v) is 15.7. The Kier molecular flexibility index (Phi) is 8.25. The largest absolute Gasteiger partial charge is 0.460 e. The summed E-state index contributed by atoms with van der Waals surface area (Å²) in [5.74, 6) is -0.478. The Morgan fingerprint density at radius 2 is 1.81 bits per heavy atom. The summed E-state index contributed by atoms with van der Waals surface area (Å²) in [6.07, 6.45) is 5.27. The zero-order chi connectivity index (χ0) is 19.1. The van der Waals surface area contributed by atoms with E-state index in [9.17, 15) is 19.8 Å². The Balaban J connectivity index is 1.70. The maximum Gasteiger partial charge on any atom is 0.333 e. The Morgan fingerprint density at radius 3 is 2.42 bits per heavy atom. The quantitative estimate of drug-likeness (QED) is 0.504. The van der Waals surface area contributed by atoms with Gasteiger partial charge in [-0.2, -0.15) is 0 Å². The van der Waals surface area contributed by atoms with Crippen LogP contribution in [0.3, 0.4) is 0 Å². The van der Waals surface area contributed by atoms with Gasteiger partial charge in [-0.05, 0) is 32.6 Å². The van der Waals surface area contributed by atoms with E-state index in [-0.39, 0.29) is 42.5 Å². The van der Waals surface area contributed by atoms with Crippen LogP contribution in [-0.4, -0.2) is 53.5 Å². The van der Waals surface area contributed by atoms with Crippen molar-refractivity contribution in [2.45, 2.75) is 76.6 Å². The van der Waals surface area contributed by atoms with Gasteiger partial charge in [-0.25, -0.2) is 4.79 Å². The van der Waals surface area contributed by atoms with Gasteiger partial charge in [0.1, 0.15) is 18.5 Å². The molecule has 148 valence electrons. The lowest BCUT2D eigenvalue weighted by atomic mass is 9.74. The first-order chi connectivity index (χ1) is 12.4. The van der Waals surface area contributed by atoms with E-state index in [1.54, 1.807) is 6.92 Å². The van der Waals surface area contributed by atoms with E-state index in [1.807, 2.05) is 0 Å². The third-order valence-electron chi connectivity index (χ3n) is 5.42. The number of aliphatic hydroxyl groups is 2. The van der Waals surface area contributed by atoms with E-state index in [4.69, 9.17) is 9.47 Å². The van der Waals surface area contributed by atoms with Crippen molar-refractivity contribution in [3.63, 3.8) is 0 Å². The molecule has 2 aliphatic rings. The highest BCUT2D eigenvalue weighted by Crippen LogP contribution is 2.33. The summed E-state index contributed by atoms with van der Waals surface area (Å²) in [5.41, 5.74) is 0.280. The number of esters is 1. The monoisotopic (exact) mass is 368 g/mol. The minimum absolute atomic E-state index is 0.0299. The van der Waals surface area contributed by atoms with Crippen LogP contribution in [-0.2, 0) is 19.1 Å². The summed E-state index contributed by atoms with van der Waals surface area (Å²) in [6.45, 7) is 4.90. The summed E-state index contributed by atoms with van der Waals surface area (Å²) in [7, 11) is 0. The molecule has 0 radical (unpaired) electrons. The topological polar surface area (TPSA) is 93.1 Å². The number of ether oxygens (including phenoxy) is 2. The standard InChI is InChI=1S/C20H32O6/c1-13(2)20(24)26-12-15(21)11-25-16-8-9-17(18(22)10-16)19(23)14-6-4-3-5-7-14/h14-18,21-22H,1,3-12H2,2H3. The van der Waals surface area contributed by atoms with Crippen LogP contribution in [0.4, 0.5) is 0 Å². The van der Waals surface area contributed by atoms with E-state index in [0.29, 0.717) is 19.3 Å². The van der Waals surface area contributed by atoms with Crippen molar-refractivity contribution in [2.75, 3.05) is 13.2 Å². The Hall–Kier alpha value is -1.24. The summed E-state index contributed by atoms with van der Waals surface area (Å²) in [5, 5.41) is 20.2. The van der Waals surface area contributed by atoms with Gasteiger partial charge >= 0.3 is 5.97 Å². The average Bonchev–Trinajstić information content (AvgIpc) is 2.64. The van der Waals surface area contributed by atoms with Gasteiger partial charge in [-0.15, -0.1) is 0 Å². The second-order valence-corrected chi connectivity index (χ2v) is 7.71. The van der Waals surface area contributed by atoms with E-state index < -0.39 is 18.2 Å². The number of ketones is 1. The van der Waals surface area contributed by atoms with Crippen molar-refractivity contribution in [3.05, 3.63) is 12.2 Å². The lowest BCUT2D eigenvalue weighted by molar-refractivity contribution is -0.144. The van der Waals surface area contributed by atoms with Crippen LogP contribution in [0.2, 0.25) is 0 Å².